The van der Waals surface area contributed by atoms with E-state index < -0.39 is 15.9 Å². The molecule has 0 fully saturated rings. The van der Waals surface area contributed by atoms with Gasteiger partial charge in [-0.15, -0.1) is 0 Å². The third kappa shape index (κ3) is 5.44. The van der Waals surface area contributed by atoms with Crippen LogP contribution >= 0.6 is 39.1 Å². The first-order valence-corrected chi connectivity index (χ1v) is 10.7. The van der Waals surface area contributed by atoms with Crippen molar-refractivity contribution in [2.75, 3.05) is 13.1 Å². The Hall–Kier alpha value is -1.12. The Balaban J connectivity index is 2.39. The molecule has 0 spiro atoms. The van der Waals surface area contributed by atoms with Crippen molar-refractivity contribution in [1.29, 1.82) is 0 Å². The summed E-state index contributed by atoms with van der Waals surface area (Å²) in [6, 6.07) is 11.0. The molecule has 0 atom stereocenters. The van der Waals surface area contributed by atoms with E-state index in [1.165, 1.54) is 18.2 Å². The number of halogens is 3. The highest BCUT2D eigenvalue weighted by Crippen LogP contribution is 2.25. The van der Waals surface area contributed by atoms with Gasteiger partial charge in [-0.05, 0) is 48.9 Å². The molecule has 0 saturated carbocycles. The van der Waals surface area contributed by atoms with E-state index in [9.17, 15) is 13.2 Å². The lowest BCUT2D eigenvalue weighted by Gasteiger charge is -2.22. The van der Waals surface area contributed by atoms with Crippen LogP contribution in [0.3, 0.4) is 0 Å². The van der Waals surface area contributed by atoms with Crippen molar-refractivity contribution in [2.24, 2.45) is 0 Å². The second-order valence-corrected chi connectivity index (χ2v) is 9.11. The normalized spacial score (nSPS) is 11.6. The van der Waals surface area contributed by atoms with Crippen LogP contribution in [0.25, 0.3) is 0 Å². The number of hydrogen-bond acceptors (Lipinski definition) is 3. The predicted molar refractivity (Wildman–Crippen MR) is 107 cm³/mol. The minimum Gasteiger partial charge on any atom is -0.355 e. The van der Waals surface area contributed by atoms with Crippen LogP contribution < -0.4 is 5.32 Å². The SMILES string of the molecule is CCNC(=O)CN(Cc1ccc(Cl)cc1Cl)S(=O)(=O)c1ccc(Br)cc1. The van der Waals surface area contributed by atoms with Gasteiger partial charge in [0, 0.05) is 27.6 Å². The average Bonchev–Trinajstić information content (AvgIpc) is 2.57. The van der Waals surface area contributed by atoms with Crippen LogP contribution in [0.5, 0.6) is 0 Å². The molecule has 5 nitrogen and oxygen atoms in total. The molecule has 0 aliphatic carbocycles. The summed E-state index contributed by atoms with van der Waals surface area (Å²) < 4.78 is 27.9. The van der Waals surface area contributed by atoms with Crippen LogP contribution in [-0.2, 0) is 21.4 Å². The maximum atomic E-state index is 13.0. The monoisotopic (exact) mass is 478 g/mol. The summed E-state index contributed by atoms with van der Waals surface area (Å²) in [5.41, 5.74) is 0.557. The summed E-state index contributed by atoms with van der Waals surface area (Å²) in [4.78, 5) is 12.1. The van der Waals surface area contributed by atoms with Gasteiger partial charge in [0.05, 0.1) is 11.4 Å². The van der Waals surface area contributed by atoms with Gasteiger partial charge < -0.3 is 5.32 Å². The predicted octanol–water partition coefficient (Wildman–Crippen LogP) is 4.08. The Morgan fingerprint density at radius 3 is 2.38 bits per heavy atom. The largest absolute Gasteiger partial charge is 0.355 e. The second-order valence-electron chi connectivity index (χ2n) is 5.42. The summed E-state index contributed by atoms with van der Waals surface area (Å²) in [7, 11) is -3.90. The van der Waals surface area contributed by atoms with Crippen LogP contribution in [0.1, 0.15) is 12.5 Å². The van der Waals surface area contributed by atoms with Crippen molar-refractivity contribution in [2.45, 2.75) is 18.4 Å². The van der Waals surface area contributed by atoms with Gasteiger partial charge in [-0.3, -0.25) is 4.79 Å². The van der Waals surface area contributed by atoms with Crippen LogP contribution in [0.2, 0.25) is 10.0 Å². The lowest BCUT2D eigenvalue weighted by atomic mass is 10.2. The Morgan fingerprint density at radius 2 is 1.81 bits per heavy atom. The van der Waals surface area contributed by atoms with Crippen molar-refractivity contribution < 1.29 is 13.2 Å². The molecule has 0 bridgehead atoms. The summed E-state index contributed by atoms with van der Waals surface area (Å²) >= 11 is 15.3. The molecule has 2 aromatic rings. The summed E-state index contributed by atoms with van der Waals surface area (Å²) in [5.74, 6) is -0.390. The maximum Gasteiger partial charge on any atom is 0.243 e. The van der Waals surface area contributed by atoms with Crippen molar-refractivity contribution >= 4 is 55.1 Å². The molecule has 140 valence electrons. The first-order chi connectivity index (χ1) is 12.2. The minimum absolute atomic E-state index is 0.0501. The lowest BCUT2D eigenvalue weighted by Crippen LogP contribution is -2.40. The van der Waals surface area contributed by atoms with Gasteiger partial charge >= 0.3 is 0 Å². The molecule has 0 heterocycles. The van der Waals surface area contributed by atoms with Gasteiger partial charge in [-0.2, -0.15) is 4.31 Å². The van der Waals surface area contributed by atoms with Gasteiger partial charge in [0.15, 0.2) is 0 Å². The summed E-state index contributed by atoms with van der Waals surface area (Å²) in [6.45, 7) is 1.81. The van der Waals surface area contributed by atoms with Crippen molar-refractivity contribution in [3.8, 4) is 0 Å². The molecule has 2 aromatic carbocycles. The molecule has 2 rings (SSSR count). The Kier molecular flexibility index (Phi) is 7.49. The van der Waals surface area contributed by atoms with Crippen molar-refractivity contribution in [3.05, 3.63) is 62.5 Å². The average molecular weight is 480 g/mol. The number of benzene rings is 2. The van der Waals surface area contributed by atoms with Crippen LogP contribution in [-0.4, -0.2) is 31.7 Å². The van der Waals surface area contributed by atoms with Gasteiger partial charge in [0.2, 0.25) is 15.9 Å². The zero-order valence-corrected chi connectivity index (χ0v) is 17.8. The van der Waals surface area contributed by atoms with Gasteiger partial charge in [0.25, 0.3) is 0 Å². The number of carbonyl (C=O) groups is 1. The Labute approximate surface area is 171 Å². The van der Waals surface area contributed by atoms with Gasteiger partial charge in [-0.1, -0.05) is 45.2 Å². The van der Waals surface area contributed by atoms with E-state index in [1.54, 1.807) is 31.2 Å². The van der Waals surface area contributed by atoms with E-state index in [4.69, 9.17) is 23.2 Å². The molecule has 0 saturated heterocycles. The maximum absolute atomic E-state index is 13.0. The van der Waals surface area contributed by atoms with Gasteiger partial charge in [-0.25, -0.2) is 8.42 Å². The second kappa shape index (κ2) is 9.19. The van der Waals surface area contributed by atoms with E-state index >= 15 is 0 Å². The highest BCUT2D eigenvalue weighted by atomic mass is 79.9. The van der Waals surface area contributed by atoms with Crippen LogP contribution in [0.15, 0.2) is 51.8 Å². The number of nitrogens with zero attached hydrogens (tertiary/aromatic N) is 1. The number of hydrogen-bond donors (Lipinski definition) is 1. The van der Waals surface area contributed by atoms with E-state index in [0.717, 1.165) is 8.78 Å². The fourth-order valence-corrected chi connectivity index (χ4v) is 4.34. The molecule has 1 N–H and O–H groups in total. The third-order valence-corrected chi connectivity index (χ3v) is 6.43. The molecule has 0 aromatic heterocycles. The standard InChI is InChI=1S/C17H17BrCl2N2O3S/c1-2-21-17(23)11-22(10-12-3-6-14(19)9-16(12)20)26(24,25)15-7-4-13(18)5-8-15/h3-9H,2,10-11H2,1H3,(H,21,23). The molecule has 0 unspecified atom stereocenters. The topological polar surface area (TPSA) is 66.5 Å². The molecule has 26 heavy (non-hydrogen) atoms. The summed E-state index contributed by atoms with van der Waals surface area (Å²) in [5, 5.41) is 3.40. The molecule has 0 aliphatic rings. The number of carbonyl (C=O) groups excluding carboxylic acids is 1. The molecular weight excluding hydrogens is 463 g/mol. The number of rotatable bonds is 7. The number of sulfonamides is 1. The molecule has 0 aliphatic heterocycles. The highest BCUT2D eigenvalue weighted by Gasteiger charge is 2.27. The molecule has 1 amide bonds. The van der Waals surface area contributed by atoms with Crippen molar-refractivity contribution in [1.82, 2.24) is 9.62 Å². The fourth-order valence-electron chi connectivity index (χ4n) is 2.23. The smallest absolute Gasteiger partial charge is 0.243 e. The third-order valence-electron chi connectivity index (χ3n) is 3.51. The Bertz CT molecular complexity index is 889. The minimum atomic E-state index is -3.90. The molecular formula is C17H17BrCl2N2O3S. The fraction of sp³-hybridized carbons (Fsp3) is 0.235. The van der Waals surface area contributed by atoms with Crippen LogP contribution in [0.4, 0.5) is 0 Å². The molecule has 0 radical (unpaired) electrons. The number of amides is 1. The van der Waals surface area contributed by atoms with Crippen LogP contribution in [0, 0.1) is 0 Å². The number of likely N-dealkylation sites (N-methyl/N-ethyl adjacent to an activating group) is 1. The summed E-state index contributed by atoms with van der Waals surface area (Å²) in [6.07, 6.45) is 0. The van der Waals surface area contributed by atoms with Gasteiger partial charge in [0.1, 0.15) is 0 Å². The van der Waals surface area contributed by atoms with Crippen molar-refractivity contribution in [3.63, 3.8) is 0 Å². The van der Waals surface area contributed by atoms with E-state index in [0.29, 0.717) is 22.2 Å². The first kappa shape index (κ1) is 21.2. The highest BCUT2D eigenvalue weighted by molar-refractivity contribution is 9.10. The first-order valence-electron chi connectivity index (χ1n) is 7.70. The quantitative estimate of drug-likeness (QED) is 0.650. The zero-order chi connectivity index (χ0) is 19.3. The van der Waals surface area contributed by atoms with E-state index in [2.05, 4.69) is 21.2 Å². The lowest BCUT2D eigenvalue weighted by molar-refractivity contribution is -0.121. The zero-order valence-electron chi connectivity index (χ0n) is 13.9. The van der Waals surface area contributed by atoms with E-state index in [-0.39, 0.29) is 18.0 Å². The number of nitrogens with one attached hydrogen (secondary N) is 1. The Morgan fingerprint density at radius 1 is 1.15 bits per heavy atom. The van der Waals surface area contributed by atoms with E-state index in [1.807, 2.05) is 0 Å². The molecule has 9 heteroatoms.